The van der Waals surface area contributed by atoms with Crippen LogP contribution in [0.1, 0.15) is 44.6 Å². The van der Waals surface area contributed by atoms with Crippen molar-refractivity contribution in [2.24, 2.45) is 0 Å². The molecule has 4 heteroatoms. The van der Waals surface area contributed by atoms with E-state index in [4.69, 9.17) is 0 Å². The second-order valence-corrected chi connectivity index (χ2v) is 10.1. The van der Waals surface area contributed by atoms with E-state index in [1.54, 1.807) is 0 Å². The summed E-state index contributed by atoms with van der Waals surface area (Å²) in [6.07, 6.45) is 3.60. The number of hydrogen-bond donors (Lipinski definition) is 1. The van der Waals surface area contributed by atoms with Crippen LogP contribution >= 0.6 is 22.6 Å². The molecule has 2 nitrogen and oxygen atoms in total. The monoisotopic (exact) mass is 430 g/mol. The minimum absolute atomic E-state index is 0.276. The second kappa shape index (κ2) is 6.14. The van der Waals surface area contributed by atoms with Crippen molar-refractivity contribution < 1.29 is 17.5 Å². The first kappa shape index (κ1) is 15.1. The Hall–Kier alpha value is 0.216. The van der Waals surface area contributed by atoms with Crippen LogP contribution in [0.15, 0.2) is 24.3 Å². The van der Waals surface area contributed by atoms with Gasteiger partial charge in [-0.1, -0.05) is 0 Å². The van der Waals surface area contributed by atoms with Gasteiger partial charge in [0, 0.05) is 0 Å². The van der Waals surface area contributed by atoms with E-state index < -0.39 is 13.6 Å². The molecule has 2 saturated heterocycles. The van der Waals surface area contributed by atoms with Crippen molar-refractivity contribution in [1.29, 1.82) is 0 Å². The summed E-state index contributed by atoms with van der Waals surface area (Å²) < 4.78 is 14.1. The van der Waals surface area contributed by atoms with Gasteiger partial charge in [-0.3, -0.25) is 0 Å². The first-order valence-electron chi connectivity index (χ1n) is 7.35. The van der Waals surface area contributed by atoms with Gasteiger partial charge in [-0.25, -0.2) is 0 Å². The van der Waals surface area contributed by atoms with E-state index in [1.165, 1.54) is 22.0 Å². The molecule has 1 aromatic carbocycles. The van der Waals surface area contributed by atoms with Crippen molar-refractivity contribution in [3.8, 4) is 0 Å². The second-order valence-electron chi connectivity index (χ2n) is 6.09. The van der Waals surface area contributed by atoms with E-state index >= 15 is 0 Å². The molecule has 2 heterocycles. The summed E-state index contributed by atoms with van der Waals surface area (Å²) in [5.74, 6) is 0.468. The molecule has 0 aromatic heterocycles. The molecule has 2 fully saturated rings. The van der Waals surface area contributed by atoms with Gasteiger partial charge in [0.05, 0.1) is 0 Å². The fourth-order valence-electron chi connectivity index (χ4n) is 3.53. The predicted octanol–water partition coefficient (Wildman–Crippen LogP) is 4.48. The van der Waals surface area contributed by atoms with Crippen molar-refractivity contribution in [1.82, 2.24) is 5.32 Å². The number of hydrogen-bond acceptors (Lipinski definition) is 2. The molecule has 0 spiro atoms. The van der Waals surface area contributed by atoms with E-state index in [1.807, 2.05) is 0 Å². The fraction of sp³-hybridized carbons (Fsp3) is 0.625. The third-order valence-electron chi connectivity index (χ3n) is 4.44. The van der Waals surface area contributed by atoms with Crippen LogP contribution in [0.25, 0.3) is 0 Å². The summed E-state index contributed by atoms with van der Waals surface area (Å²) in [6, 6.07) is 9.94. The zero-order valence-corrected chi connectivity index (χ0v) is 15.1. The molecule has 20 heavy (non-hydrogen) atoms. The van der Waals surface area contributed by atoms with Crippen LogP contribution in [0.2, 0.25) is 9.70 Å². The molecule has 1 aromatic rings. The average molecular weight is 430 g/mol. The van der Waals surface area contributed by atoms with Crippen molar-refractivity contribution in [3.63, 3.8) is 0 Å². The Labute approximate surface area is 139 Å². The van der Waals surface area contributed by atoms with Crippen LogP contribution in [0, 0.1) is 3.57 Å². The normalized spacial score (nSPS) is 33.5. The van der Waals surface area contributed by atoms with Gasteiger partial charge in [-0.15, -0.1) is 0 Å². The topological polar surface area (TPSA) is 29.1 Å². The molecule has 2 bridgehead atoms. The number of nitrogens with one attached hydrogen (secondary N) is 1. The Kier molecular flexibility index (Phi) is 4.65. The minimum atomic E-state index is -1.14. The van der Waals surface area contributed by atoms with Crippen LogP contribution < -0.4 is 5.32 Å². The summed E-state index contributed by atoms with van der Waals surface area (Å²) in [5.41, 5.74) is 1.39. The molecular formula is C16H22CoINO. The number of halogens is 1. The molecule has 1 N–H and O–H groups in total. The van der Waals surface area contributed by atoms with E-state index in [0.29, 0.717) is 22.9 Å². The summed E-state index contributed by atoms with van der Waals surface area (Å²) in [6.45, 7) is 4.20. The molecule has 4 atom stereocenters. The standard InChI is InChI=1S/C13H15IN.C3H7.Co.O/c14-11-3-1-9(2-4-11)10-7-12-5-6-13(8-10)15-12;1-3-2;;/h1-4,7,10,12-13,15H,5-6,8H2;3H,1-2H3;;/t10-,12?,13-;;;/m1.../s1. The predicted molar refractivity (Wildman–Crippen MR) is 86.0 cm³/mol. The first-order valence-corrected chi connectivity index (χ1v) is 10.1. The molecule has 113 valence electrons. The molecule has 2 aliphatic rings. The van der Waals surface area contributed by atoms with Crippen LogP contribution in [-0.4, -0.2) is 12.1 Å². The van der Waals surface area contributed by atoms with Crippen LogP contribution in [0.3, 0.4) is 0 Å². The van der Waals surface area contributed by atoms with Crippen LogP contribution in [-0.2, 0) is 17.5 Å². The molecule has 2 unspecified atom stereocenters. The Balaban J connectivity index is 1.93. The van der Waals surface area contributed by atoms with Crippen LogP contribution in [0.4, 0.5) is 0 Å². The summed E-state index contributed by atoms with van der Waals surface area (Å²) in [5, 5.41) is 3.70. The summed E-state index contributed by atoms with van der Waals surface area (Å²) in [4.78, 5) is 0.583. The maximum atomic E-state index is 12.8. The molecule has 0 saturated carbocycles. The van der Waals surface area contributed by atoms with Gasteiger partial charge in [-0.2, -0.15) is 0 Å². The Morgan fingerprint density at radius 3 is 2.60 bits per heavy atom. The van der Waals surface area contributed by atoms with E-state index in [-0.39, 0.29) is 4.85 Å². The molecule has 0 aliphatic carbocycles. The van der Waals surface area contributed by atoms with Gasteiger partial charge >= 0.3 is 140 Å². The van der Waals surface area contributed by atoms with Gasteiger partial charge < -0.3 is 0 Å². The zero-order chi connectivity index (χ0) is 14.3. The summed E-state index contributed by atoms with van der Waals surface area (Å²) >= 11 is 1.21. The zero-order valence-electron chi connectivity index (χ0n) is 11.9. The van der Waals surface area contributed by atoms with Crippen molar-refractivity contribution in [2.45, 2.75) is 60.8 Å². The Morgan fingerprint density at radius 1 is 1.25 bits per heavy atom. The Bertz CT molecular complexity index is 502. The van der Waals surface area contributed by atoms with Crippen molar-refractivity contribution >= 4 is 22.6 Å². The third-order valence-corrected chi connectivity index (χ3v) is 7.87. The molecular weight excluding hydrogens is 408 g/mol. The number of rotatable bonds is 3. The molecule has 2 aliphatic heterocycles. The third kappa shape index (κ3) is 2.89. The van der Waals surface area contributed by atoms with Gasteiger partial charge in [0.15, 0.2) is 0 Å². The van der Waals surface area contributed by atoms with Gasteiger partial charge in [0.25, 0.3) is 0 Å². The first-order chi connectivity index (χ1) is 9.56. The van der Waals surface area contributed by atoms with E-state index in [2.05, 4.69) is 66.0 Å². The van der Waals surface area contributed by atoms with Gasteiger partial charge in [0.1, 0.15) is 0 Å². The quantitative estimate of drug-likeness (QED) is 0.717. The fourth-order valence-corrected chi connectivity index (χ4v) is 6.13. The molecule has 3 rings (SSSR count). The van der Waals surface area contributed by atoms with E-state index in [0.717, 1.165) is 6.42 Å². The number of benzene rings is 1. The number of piperidine rings is 1. The summed E-state index contributed by atoms with van der Waals surface area (Å²) in [7, 11) is 0. The van der Waals surface area contributed by atoms with Gasteiger partial charge in [-0.05, 0) is 0 Å². The van der Waals surface area contributed by atoms with Crippen LogP contribution in [0.5, 0.6) is 0 Å². The average Bonchev–Trinajstić information content (AvgIpc) is 2.80. The van der Waals surface area contributed by atoms with E-state index in [9.17, 15) is 3.87 Å². The SMILES string of the molecule is C[CH](C)[Co](=[O])[CH]1C2CC[C@H](C[C@@H]1c1ccc(I)cc1)N2. The Morgan fingerprint density at radius 2 is 1.95 bits per heavy atom. The maximum absolute atomic E-state index is 12.8. The van der Waals surface area contributed by atoms with Gasteiger partial charge in [0.2, 0.25) is 0 Å². The number of fused-ring (bicyclic) bond motifs is 2. The molecule has 0 amide bonds. The van der Waals surface area contributed by atoms with Crippen molar-refractivity contribution in [2.75, 3.05) is 0 Å². The molecule has 0 radical (unpaired) electrons. The van der Waals surface area contributed by atoms with Crippen molar-refractivity contribution in [3.05, 3.63) is 33.4 Å².